The Kier molecular flexibility index (Phi) is 7.60. The van der Waals surface area contributed by atoms with E-state index in [0.717, 1.165) is 12.8 Å². The maximum absolute atomic E-state index is 12.7. The summed E-state index contributed by atoms with van der Waals surface area (Å²) in [6.45, 7) is 5.52. The van der Waals surface area contributed by atoms with E-state index in [2.05, 4.69) is 0 Å². The minimum Gasteiger partial charge on any atom is -0.490 e. The highest BCUT2D eigenvalue weighted by Gasteiger charge is 2.29. The molecule has 6 nitrogen and oxygen atoms in total. The average Bonchev–Trinajstić information content (AvgIpc) is 2.49. The molecule has 2 rings (SSSR count). The summed E-state index contributed by atoms with van der Waals surface area (Å²) < 4.78 is 37.9. The molecular formula is C15H25ClN2O4S. The summed E-state index contributed by atoms with van der Waals surface area (Å²) in [4.78, 5) is 0.216. The van der Waals surface area contributed by atoms with Crippen LogP contribution in [-0.4, -0.2) is 45.1 Å². The van der Waals surface area contributed by atoms with E-state index in [0.29, 0.717) is 37.8 Å². The minimum atomic E-state index is -3.55. The van der Waals surface area contributed by atoms with Crippen molar-refractivity contribution in [2.24, 2.45) is 5.73 Å². The smallest absolute Gasteiger partial charge is 0.243 e. The zero-order chi connectivity index (χ0) is 16.2. The first-order chi connectivity index (χ1) is 10.5. The Morgan fingerprint density at radius 3 is 2.48 bits per heavy atom. The topological polar surface area (TPSA) is 81.9 Å². The lowest BCUT2D eigenvalue weighted by Gasteiger charge is -2.30. The van der Waals surface area contributed by atoms with Crippen LogP contribution in [0.5, 0.6) is 11.5 Å². The first-order valence-corrected chi connectivity index (χ1v) is 9.08. The van der Waals surface area contributed by atoms with Gasteiger partial charge in [0.25, 0.3) is 0 Å². The van der Waals surface area contributed by atoms with Crippen LogP contribution < -0.4 is 15.2 Å². The number of halogens is 1. The van der Waals surface area contributed by atoms with Gasteiger partial charge in [-0.25, -0.2) is 8.42 Å². The average molecular weight is 365 g/mol. The third-order valence-electron chi connectivity index (χ3n) is 3.57. The van der Waals surface area contributed by atoms with Gasteiger partial charge in [0.1, 0.15) is 0 Å². The first-order valence-electron chi connectivity index (χ1n) is 7.64. The summed E-state index contributed by atoms with van der Waals surface area (Å²) >= 11 is 0. The molecule has 1 aromatic rings. The molecule has 0 unspecified atom stereocenters. The van der Waals surface area contributed by atoms with Gasteiger partial charge >= 0.3 is 0 Å². The van der Waals surface area contributed by atoms with Crippen molar-refractivity contribution in [2.75, 3.05) is 26.3 Å². The fourth-order valence-electron chi connectivity index (χ4n) is 2.53. The second kappa shape index (κ2) is 8.73. The van der Waals surface area contributed by atoms with E-state index in [1.807, 2.05) is 13.8 Å². The lowest BCUT2D eigenvalue weighted by molar-refractivity contribution is 0.286. The lowest BCUT2D eigenvalue weighted by Crippen LogP contribution is -2.45. The van der Waals surface area contributed by atoms with E-state index < -0.39 is 10.0 Å². The van der Waals surface area contributed by atoms with Crippen molar-refractivity contribution in [1.82, 2.24) is 4.31 Å². The van der Waals surface area contributed by atoms with Crippen LogP contribution in [0, 0.1) is 0 Å². The van der Waals surface area contributed by atoms with Gasteiger partial charge in [-0.1, -0.05) is 0 Å². The summed E-state index contributed by atoms with van der Waals surface area (Å²) in [6.07, 6.45) is 1.65. The quantitative estimate of drug-likeness (QED) is 0.835. The maximum atomic E-state index is 12.7. The van der Waals surface area contributed by atoms with Crippen molar-refractivity contribution in [1.29, 1.82) is 0 Å². The monoisotopic (exact) mass is 364 g/mol. The molecule has 8 heteroatoms. The predicted molar refractivity (Wildman–Crippen MR) is 92.0 cm³/mol. The molecule has 1 aliphatic heterocycles. The van der Waals surface area contributed by atoms with Gasteiger partial charge in [-0.2, -0.15) is 4.31 Å². The Labute approximate surface area is 144 Å². The Balaban J connectivity index is 0.00000264. The number of nitrogens with two attached hydrogens (primary N) is 1. The number of benzene rings is 1. The Hall–Kier alpha value is -1.02. The maximum Gasteiger partial charge on any atom is 0.243 e. The third kappa shape index (κ3) is 4.73. The SMILES string of the molecule is CCOc1ccc(S(=O)(=O)N2CCC[C@@H](N)C2)cc1OCC.Cl. The molecule has 0 amide bonds. The molecule has 0 radical (unpaired) electrons. The molecule has 2 N–H and O–H groups in total. The Morgan fingerprint density at radius 1 is 1.22 bits per heavy atom. The number of hydrogen-bond donors (Lipinski definition) is 1. The fraction of sp³-hybridized carbons (Fsp3) is 0.600. The van der Waals surface area contributed by atoms with Crippen LogP contribution >= 0.6 is 12.4 Å². The summed E-state index contributed by atoms with van der Waals surface area (Å²) in [6, 6.07) is 4.63. The van der Waals surface area contributed by atoms with Crippen LogP contribution in [0.15, 0.2) is 23.1 Å². The highest BCUT2D eigenvalue weighted by molar-refractivity contribution is 7.89. The minimum absolute atomic E-state index is 0. The third-order valence-corrected chi connectivity index (χ3v) is 5.43. The molecule has 0 aliphatic carbocycles. The molecule has 1 heterocycles. The van der Waals surface area contributed by atoms with Crippen molar-refractivity contribution in [3.05, 3.63) is 18.2 Å². The molecular weight excluding hydrogens is 340 g/mol. The second-order valence-corrected chi connectivity index (χ2v) is 7.18. The molecule has 0 saturated carbocycles. The number of ether oxygens (including phenoxy) is 2. The molecule has 0 bridgehead atoms. The van der Waals surface area contributed by atoms with E-state index in [4.69, 9.17) is 15.2 Å². The van der Waals surface area contributed by atoms with Gasteiger partial charge in [-0.15, -0.1) is 12.4 Å². The van der Waals surface area contributed by atoms with Crippen molar-refractivity contribution in [3.8, 4) is 11.5 Å². The summed E-state index contributed by atoms with van der Waals surface area (Å²) in [5.41, 5.74) is 5.89. The van der Waals surface area contributed by atoms with Crippen molar-refractivity contribution >= 4 is 22.4 Å². The molecule has 1 fully saturated rings. The van der Waals surface area contributed by atoms with Gasteiger partial charge in [0, 0.05) is 25.2 Å². The standard InChI is InChI=1S/C15H24N2O4S.ClH/c1-3-20-14-8-7-13(10-15(14)21-4-2)22(18,19)17-9-5-6-12(16)11-17;/h7-8,10,12H,3-6,9,11,16H2,1-2H3;1H/t12-;/m1./s1. The zero-order valence-corrected chi connectivity index (χ0v) is 15.2. The molecule has 1 aliphatic rings. The molecule has 1 atom stereocenters. The fourth-order valence-corrected chi connectivity index (χ4v) is 4.08. The van der Waals surface area contributed by atoms with Gasteiger partial charge < -0.3 is 15.2 Å². The summed E-state index contributed by atoms with van der Waals surface area (Å²) in [5, 5.41) is 0. The summed E-state index contributed by atoms with van der Waals surface area (Å²) in [5.74, 6) is 1.00. The van der Waals surface area contributed by atoms with Crippen LogP contribution in [0.25, 0.3) is 0 Å². The second-order valence-electron chi connectivity index (χ2n) is 5.24. The molecule has 0 aromatic heterocycles. The van der Waals surface area contributed by atoms with Gasteiger partial charge in [0.05, 0.1) is 18.1 Å². The summed E-state index contributed by atoms with van der Waals surface area (Å²) in [7, 11) is -3.55. The van der Waals surface area contributed by atoms with Crippen molar-refractivity contribution in [3.63, 3.8) is 0 Å². The van der Waals surface area contributed by atoms with Crippen molar-refractivity contribution < 1.29 is 17.9 Å². The van der Waals surface area contributed by atoms with Gasteiger partial charge in [-0.05, 0) is 38.8 Å². The molecule has 1 aromatic carbocycles. The van der Waals surface area contributed by atoms with Crippen molar-refractivity contribution in [2.45, 2.75) is 37.6 Å². The van der Waals surface area contributed by atoms with Crippen LogP contribution in [0.2, 0.25) is 0 Å². The zero-order valence-electron chi connectivity index (χ0n) is 13.5. The number of nitrogens with zero attached hydrogens (tertiary/aromatic N) is 1. The number of piperidine rings is 1. The first kappa shape index (κ1) is 20.0. The van der Waals surface area contributed by atoms with E-state index >= 15 is 0 Å². The highest BCUT2D eigenvalue weighted by atomic mass is 35.5. The van der Waals surface area contributed by atoms with E-state index in [9.17, 15) is 8.42 Å². The van der Waals surface area contributed by atoms with Gasteiger partial charge in [0.15, 0.2) is 11.5 Å². The van der Waals surface area contributed by atoms with Crippen LogP contribution in [0.1, 0.15) is 26.7 Å². The van der Waals surface area contributed by atoms with Gasteiger partial charge in [-0.3, -0.25) is 0 Å². The van der Waals surface area contributed by atoms with E-state index in [1.54, 1.807) is 12.1 Å². The normalized spacial score (nSPS) is 19.0. The largest absolute Gasteiger partial charge is 0.490 e. The Morgan fingerprint density at radius 2 is 1.87 bits per heavy atom. The van der Waals surface area contributed by atoms with E-state index in [1.165, 1.54) is 10.4 Å². The molecule has 132 valence electrons. The predicted octanol–water partition coefficient (Wildman–Crippen LogP) is 2.02. The highest BCUT2D eigenvalue weighted by Crippen LogP contribution is 2.32. The van der Waals surface area contributed by atoms with E-state index in [-0.39, 0.29) is 23.3 Å². The molecule has 23 heavy (non-hydrogen) atoms. The van der Waals surface area contributed by atoms with Crippen LogP contribution in [0.4, 0.5) is 0 Å². The molecule has 0 spiro atoms. The number of sulfonamides is 1. The number of rotatable bonds is 6. The van der Waals surface area contributed by atoms with Crippen LogP contribution in [-0.2, 0) is 10.0 Å². The lowest BCUT2D eigenvalue weighted by atomic mass is 10.1. The molecule has 1 saturated heterocycles. The van der Waals surface area contributed by atoms with Crippen LogP contribution in [0.3, 0.4) is 0 Å². The Bertz CT molecular complexity index is 609. The number of hydrogen-bond acceptors (Lipinski definition) is 5. The van der Waals surface area contributed by atoms with Gasteiger partial charge in [0.2, 0.25) is 10.0 Å².